The normalized spacial score (nSPS) is 15.3. The molecule has 4 aromatic rings. The molecule has 1 aromatic heterocycles. The summed E-state index contributed by atoms with van der Waals surface area (Å²) in [6, 6.07) is 19.4. The minimum absolute atomic E-state index is 0.276. The van der Waals surface area contributed by atoms with Gasteiger partial charge in [0.15, 0.2) is 23.1 Å². The molecule has 2 aliphatic heterocycles. The van der Waals surface area contributed by atoms with Gasteiger partial charge in [0.1, 0.15) is 12.0 Å². The number of fused-ring (bicyclic) bond motifs is 1. The lowest BCUT2D eigenvalue weighted by molar-refractivity contribution is 0.174. The van der Waals surface area contributed by atoms with Gasteiger partial charge in [-0.2, -0.15) is 5.26 Å². The fourth-order valence-electron chi connectivity index (χ4n) is 5.32. The number of benzene rings is 3. The van der Waals surface area contributed by atoms with Crippen molar-refractivity contribution in [1.82, 2.24) is 14.9 Å². The van der Waals surface area contributed by atoms with Gasteiger partial charge in [-0.1, -0.05) is 47.5 Å². The average molecular weight is 603 g/mol. The average Bonchev–Trinajstić information content (AvgIpc) is 3.46. The Morgan fingerprint density at radius 2 is 1.76 bits per heavy atom. The molecule has 1 fully saturated rings. The smallest absolute Gasteiger partial charge is 0.231 e. The molecule has 9 nitrogen and oxygen atoms in total. The first kappa shape index (κ1) is 27.9. The highest BCUT2D eigenvalue weighted by Gasteiger charge is 2.23. The lowest BCUT2D eigenvalue weighted by Gasteiger charge is -2.36. The van der Waals surface area contributed by atoms with Crippen LogP contribution in [-0.2, 0) is 6.54 Å². The molecule has 0 aliphatic carbocycles. The van der Waals surface area contributed by atoms with Crippen LogP contribution in [0.1, 0.15) is 28.2 Å². The van der Waals surface area contributed by atoms with Gasteiger partial charge in [-0.25, -0.2) is 9.97 Å². The highest BCUT2D eigenvalue weighted by Crippen LogP contribution is 2.37. The Morgan fingerprint density at radius 1 is 1.00 bits per heavy atom. The van der Waals surface area contributed by atoms with E-state index in [1.165, 1.54) is 11.9 Å². The van der Waals surface area contributed by atoms with Crippen molar-refractivity contribution in [3.63, 3.8) is 0 Å². The molecular formula is C31H29Cl2N7O2. The maximum Gasteiger partial charge on any atom is 0.231 e. The highest BCUT2D eigenvalue weighted by atomic mass is 35.5. The molecule has 1 unspecified atom stereocenters. The Bertz CT molecular complexity index is 1650. The second-order valence-electron chi connectivity index (χ2n) is 10.3. The SMILES string of the molecule is Cc1cc(C(C#N)c2ccc(Cl)cc2)c(Cl)cc1Nc1ncnc(N2CCN(Cc3ccc4c(c3)OCO4)CC2)c1N. The van der Waals surface area contributed by atoms with Gasteiger partial charge in [0, 0.05) is 48.5 Å². The van der Waals surface area contributed by atoms with Crippen LogP contribution in [0.5, 0.6) is 11.5 Å². The van der Waals surface area contributed by atoms with Crippen molar-refractivity contribution in [3.05, 3.63) is 93.2 Å². The number of rotatable bonds is 7. The van der Waals surface area contributed by atoms with E-state index in [4.69, 9.17) is 38.4 Å². The number of halogens is 2. The number of ether oxygens (including phenoxy) is 2. The molecule has 42 heavy (non-hydrogen) atoms. The topological polar surface area (TPSA) is 113 Å². The molecule has 11 heteroatoms. The third-order valence-electron chi connectivity index (χ3n) is 7.62. The number of piperazine rings is 1. The lowest BCUT2D eigenvalue weighted by Crippen LogP contribution is -2.46. The van der Waals surface area contributed by atoms with Crippen molar-refractivity contribution in [2.75, 3.05) is 48.9 Å². The van der Waals surface area contributed by atoms with Crippen molar-refractivity contribution >= 4 is 46.2 Å². The summed E-state index contributed by atoms with van der Waals surface area (Å²) < 4.78 is 10.9. The van der Waals surface area contributed by atoms with E-state index in [0.29, 0.717) is 27.4 Å². The van der Waals surface area contributed by atoms with Crippen LogP contribution in [0.2, 0.25) is 10.0 Å². The quantitative estimate of drug-likeness (QED) is 0.258. The first-order valence-corrected chi connectivity index (χ1v) is 14.3. The van der Waals surface area contributed by atoms with Gasteiger partial charge in [0.25, 0.3) is 0 Å². The Kier molecular flexibility index (Phi) is 7.94. The number of aryl methyl sites for hydroxylation is 1. The van der Waals surface area contributed by atoms with Gasteiger partial charge in [-0.3, -0.25) is 4.90 Å². The maximum absolute atomic E-state index is 9.93. The zero-order valence-electron chi connectivity index (χ0n) is 23.0. The van der Waals surface area contributed by atoms with Crippen molar-refractivity contribution in [2.45, 2.75) is 19.4 Å². The Labute approximate surface area is 254 Å². The van der Waals surface area contributed by atoms with E-state index in [1.54, 1.807) is 12.1 Å². The first-order valence-electron chi connectivity index (χ1n) is 13.6. The van der Waals surface area contributed by atoms with Gasteiger partial charge in [0.2, 0.25) is 6.79 Å². The minimum Gasteiger partial charge on any atom is -0.454 e. The van der Waals surface area contributed by atoms with Crippen LogP contribution in [0.3, 0.4) is 0 Å². The summed E-state index contributed by atoms with van der Waals surface area (Å²) in [5.74, 6) is 2.27. The molecule has 0 amide bonds. The number of hydrogen-bond donors (Lipinski definition) is 2. The second kappa shape index (κ2) is 11.9. The van der Waals surface area contributed by atoms with Gasteiger partial charge in [-0.05, 0) is 59.5 Å². The molecule has 6 rings (SSSR count). The van der Waals surface area contributed by atoms with Crippen LogP contribution in [0, 0.1) is 18.3 Å². The van der Waals surface area contributed by atoms with Crippen molar-refractivity contribution in [1.29, 1.82) is 5.26 Å². The maximum atomic E-state index is 9.93. The number of anilines is 4. The van der Waals surface area contributed by atoms with Gasteiger partial charge >= 0.3 is 0 Å². The summed E-state index contributed by atoms with van der Waals surface area (Å²) in [5.41, 5.74) is 11.5. The van der Waals surface area contributed by atoms with Crippen LogP contribution in [-0.4, -0.2) is 47.8 Å². The molecule has 3 N–H and O–H groups in total. The van der Waals surface area contributed by atoms with Crippen molar-refractivity contribution in [3.8, 4) is 17.6 Å². The fourth-order valence-corrected chi connectivity index (χ4v) is 5.72. The number of nitrogens with two attached hydrogens (primary N) is 1. The molecule has 0 spiro atoms. The predicted molar refractivity (Wildman–Crippen MR) is 165 cm³/mol. The van der Waals surface area contributed by atoms with E-state index in [1.807, 2.05) is 43.3 Å². The van der Waals surface area contributed by atoms with Gasteiger partial charge < -0.3 is 25.4 Å². The number of nitrogen functional groups attached to an aromatic ring is 1. The van der Waals surface area contributed by atoms with E-state index in [9.17, 15) is 5.26 Å². The molecule has 1 atom stereocenters. The molecular weight excluding hydrogens is 573 g/mol. The summed E-state index contributed by atoms with van der Waals surface area (Å²) >= 11 is 12.7. The van der Waals surface area contributed by atoms with Crippen molar-refractivity contribution < 1.29 is 9.47 Å². The Balaban J connectivity index is 1.14. The number of nitriles is 1. The highest BCUT2D eigenvalue weighted by molar-refractivity contribution is 6.32. The molecule has 214 valence electrons. The van der Waals surface area contributed by atoms with E-state index >= 15 is 0 Å². The van der Waals surface area contributed by atoms with Crippen LogP contribution < -0.4 is 25.4 Å². The molecule has 0 bridgehead atoms. The third-order valence-corrected chi connectivity index (χ3v) is 8.20. The van der Waals surface area contributed by atoms with Crippen LogP contribution >= 0.6 is 23.2 Å². The zero-order chi connectivity index (χ0) is 29.2. The lowest BCUT2D eigenvalue weighted by atomic mass is 9.91. The predicted octanol–water partition coefficient (Wildman–Crippen LogP) is 6.12. The van der Waals surface area contributed by atoms with Gasteiger partial charge in [-0.15, -0.1) is 0 Å². The Morgan fingerprint density at radius 3 is 2.52 bits per heavy atom. The zero-order valence-corrected chi connectivity index (χ0v) is 24.5. The number of hydrogen-bond acceptors (Lipinski definition) is 9. The molecule has 2 aliphatic rings. The number of nitrogens with one attached hydrogen (secondary N) is 1. The van der Waals surface area contributed by atoms with E-state index in [0.717, 1.165) is 66.6 Å². The van der Waals surface area contributed by atoms with Crippen LogP contribution in [0.15, 0.2) is 60.9 Å². The van der Waals surface area contributed by atoms with Crippen LogP contribution in [0.4, 0.5) is 23.0 Å². The monoisotopic (exact) mass is 601 g/mol. The third kappa shape index (κ3) is 5.74. The summed E-state index contributed by atoms with van der Waals surface area (Å²) in [6.07, 6.45) is 1.52. The van der Waals surface area contributed by atoms with E-state index < -0.39 is 5.92 Å². The molecule has 0 radical (unpaired) electrons. The Hall–Kier alpha value is -4.23. The molecule has 1 saturated heterocycles. The minimum atomic E-state index is -0.526. The van der Waals surface area contributed by atoms with E-state index in [-0.39, 0.29) is 6.79 Å². The summed E-state index contributed by atoms with van der Waals surface area (Å²) in [7, 11) is 0. The number of nitrogens with zero attached hydrogens (tertiary/aromatic N) is 5. The summed E-state index contributed by atoms with van der Waals surface area (Å²) in [6.45, 7) is 6.36. The van der Waals surface area contributed by atoms with E-state index in [2.05, 4.69) is 37.2 Å². The molecule has 3 aromatic carbocycles. The summed E-state index contributed by atoms with van der Waals surface area (Å²) in [4.78, 5) is 13.5. The molecule has 0 saturated carbocycles. The molecule has 3 heterocycles. The standard InChI is InChI=1S/C31H29Cl2N7O2/c1-19-12-23(24(15-34)21-3-5-22(32)6-4-21)25(33)14-26(19)38-30-29(35)31(37-17-36-30)40-10-8-39(9-11-40)16-20-2-7-27-28(13-20)42-18-41-27/h2-7,12-14,17,24H,8-11,16,18,35H2,1H3,(H,36,37,38). The van der Waals surface area contributed by atoms with Crippen LogP contribution in [0.25, 0.3) is 0 Å². The largest absolute Gasteiger partial charge is 0.454 e. The second-order valence-corrected chi connectivity index (χ2v) is 11.2. The fraction of sp³-hybridized carbons (Fsp3) is 0.258. The number of aromatic nitrogens is 2. The van der Waals surface area contributed by atoms with Gasteiger partial charge in [0.05, 0.1) is 12.0 Å². The van der Waals surface area contributed by atoms with Crippen molar-refractivity contribution in [2.24, 2.45) is 0 Å². The first-order chi connectivity index (χ1) is 20.4. The summed E-state index contributed by atoms with van der Waals surface area (Å²) in [5, 5.41) is 14.3.